The summed E-state index contributed by atoms with van der Waals surface area (Å²) in [5, 5.41) is 4.03. The topological polar surface area (TPSA) is 64.9 Å². The van der Waals surface area contributed by atoms with Crippen molar-refractivity contribution in [2.24, 2.45) is 11.1 Å². The lowest BCUT2D eigenvalue weighted by Crippen LogP contribution is -2.36. The molecule has 0 saturated carbocycles. The van der Waals surface area contributed by atoms with Gasteiger partial charge in [-0.3, -0.25) is 0 Å². The van der Waals surface area contributed by atoms with Crippen LogP contribution < -0.4 is 5.73 Å². The van der Waals surface area contributed by atoms with Crippen LogP contribution in [0.5, 0.6) is 0 Å². The van der Waals surface area contributed by atoms with E-state index in [0.29, 0.717) is 18.1 Å². The van der Waals surface area contributed by atoms with Crippen LogP contribution in [0.25, 0.3) is 0 Å². The zero-order valence-electron chi connectivity index (χ0n) is 13.1. The Morgan fingerprint density at radius 1 is 1.33 bits per heavy atom. The number of aryl methyl sites for hydroxylation is 1. The number of nitrogens with zero attached hydrogens (tertiary/aromatic N) is 2. The molecule has 21 heavy (non-hydrogen) atoms. The van der Waals surface area contributed by atoms with Crippen LogP contribution in [0.1, 0.15) is 38.0 Å². The van der Waals surface area contributed by atoms with Crippen molar-refractivity contribution in [1.29, 1.82) is 0 Å². The van der Waals surface area contributed by atoms with Crippen LogP contribution in [-0.4, -0.2) is 16.2 Å². The van der Waals surface area contributed by atoms with E-state index in [9.17, 15) is 0 Å². The predicted octanol–water partition coefficient (Wildman–Crippen LogP) is 3.59. The van der Waals surface area contributed by atoms with Crippen LogP contribution >= 0.6 is 11.8 Å². The smallest absolute Gasteiger partial charge is 0.228 e. The van der Waals surface area contributed by atoms with Gasteiger partial charge in [0.2, 0.25) is 5.89 Å². The highest BCUT2D eigenvalue weighted by atomic mass is 32.2. The van der Waals surface area contributed by atoms with Crippen molar-refractivity contribution in [3.8, 4) is 0 Å². The molecule has 1 unspecified atom stereocenters. The van der Waals surface area contributed by atoms with Gasteiger partial charge in [-0.15, -0.1) is 11.8 Å². The van der Waals surface area contributed by atoms with E-state index in [0.717, 1.165) is 5.82 Å². The number of hydrogen-bond acceptors (Lipinski definition) is 5. The minimum atomic E-state index is 0.00947. The second-order valence-electron chi connectivity index (χ2n) is 6.39. The van der Waals surface area contributed by atoms with E-state index in [4.69, 9.17) is 10.3 Å². The third-order valence-corrected chi connectivity index (χ3v) is 4.36. The van der Waals surface area contributed by atoms with Crippen molar-refractivity contribution < 1.29 is 4.52 Å². The van der Waals surface area contributed by atoms with E-state index in [1.54, 1.807) is 11.8 Å². The number of nitrogens with two attached hydrogens (primary N) is 1. The van der Waals surface area contributed by atoms with E-state index < -0.39 is 0 Å². The molecule has 2 aromatic rings. The molecule has 2 N–H and O–H groups in total. The highest BCUT2D eigenvalue weighted by Crippen LogP contribution is 2.23. The van der Waals surface area contributed by atoms with Crippen molar-refractivity contribution in [3.63, 3.8) is 0 Å². The molecule has 1 aromatic heterocycles. The first-order chi connectivity index (χ1) is 9.84. The van der Waals surface area contributed by atoms with Crippen molar-refractivity contribution >= 4 is 11.8 Å². The molecule has 0 aliphatic carbocycles. The van der Waals surface area contributed by atoms with E-state index in [1.165, 1.54) is 10.5 Å². The lowest BCUT2D eigenvalue weighted by molar-refractivity contribution is 0.285. The highest BCUT2D eigenvalue weighted by molar-refractivity contribution is 7.98. The summed E-state index contributed by atoms with van der Waals surface area (Å²) in [4.78, 5) is 5.64. The van der Waals surface area contributed by atoms with Crippen molar-refractivity contribution in [2.45, 2.75) is 50.8 Å². The van der Waals surface area contributed by atoms with Gasteiger partial charge in [-0.25, -0.2) is 0 Å². The maximum Gasteiger partial charge on any atom is 0.228 e. The van der Waals surface area contributed by atoms with Gasteiger partial charge in [0.25, 0.3) is 0 Å². The van der Waals surface area contributed by atoms with Crippen LogP contribution in [0.2, 0.25) is 0 Å². The first kappa shape index (κ1) is 16.0. The van der Waals surface area contributed by atoms with Gasteiger partial charge < -0.3 is 10.3 Å². The summed E-state index contributed by atoms with van der Waals surface area (Å²) in [6.07, 6.45) is 0.617. The molecule has 0 bridgehead atoms. The van der Waals surface area contributed by atoms with E-state index in [-0.39, 0.29) is 11.5 Å². The Bertz CT molecular complexity index is 589. The number of thioether (sulfide) groups is 1. The highest BCUT2D eigenvalue weighted by Gasteiger charge is 2.23. The molecule has 114 valence electrons. The van der Waals surface area contributed by atoms with Gasteiger partial charge in [0, 0.05) is 17.4 Å². The molecule has 0 fully saturated rings. The lowest BCUT2D eigenvalue weighted by Gasteiger charge is -2.25. The minimum absolute atomic E-state index is 0.00947. The molecule has 1 aromatic carbocycles. The molecule has 0 amide bonds. The van der Waals surface area contributed by atoms with Gasteiger partial charge in [-0.2, -0.15) is 4.98 Å². The standard InChI is InChI=1S/C16H23N3OS/c1-11-6-5-7-12(8-11)21-10-14-18-15(20-19-14)9-13(17)16(2,3)4/h5-8,13H,9-10,17H2,1-4H3. The Hall–Kier alpha value is -1.33. The Morgan fingerprint density at radius 2 is 2.10 bits per heavy atom. The fraction of sp³-hybridized carbons (Fsp3) is 0.500. The molecule has 1 heterocycles. The van der Waals surface area contributed by atoms with Crippen molar-refractivity contribution in [2.75, 3.05) is 0 Å². The van der Waals surface area contributed by atoms with Crippen LogP contribution in [-0.2, 0) is 12.2 Å². The lowest BCUT2D eigenvalue weighted by atomic mass is 9.85. The largest absolute Gasteiger partial charge is 0.339 e. The average Bonchev–Trinajstić information content (AvgIpc) is 2.83. The van der Waals surface area contributed by atoms with E-state index in [2.05, 4.69) is 62.1 Å². The molecule has 0 radical (unpaired) electrons. The van der Waals surface area contributed by atoms with Crippen LogP contribution in [0.3, 0.4) is 0 Å². The van der Waals surface area contributed by atoms with Gasteiger partial charge in [0.05, 0.1) is 5.75 Å². The van der Waals surface area contributed by atoms with Gasteiger partial charge in [0.15, 0.2) is 5.82 Å². The molecule has 0 aliphatic heterocycles. The van der Waals surface area contributed by atoms with Crippen LogP contribution in [0.15, 0.2) is 33.7 Å². The molecular weight excluding hydrogens is 282 g/mol. The SMILES string of the molecule is Cc1cccc(SCc2noc(CC(N)C(C)(C)C)n2)c1. The Balaban J connectivity index is 1.91. The van der Waals surface area contributed by atoms with E-state index in [1.807, 2.05) is 0 Å². The zero-order valence-corrected chi connectivity index (χ0v) is 13.9. The fourth-order valence-corrected chi connectivity index (χ4v) is 2.64. The Kier molecular flexibility index (Phi) is 5.06. The predicted molar refractivity (Wildman–Crippen MR) is 86.2 cm³/mol. The fourth-order valence-electron chi connectivity index (χ4n) is 1.78. The molecule has 0 aliphatic rings. The van der Waals surface area contributed by atoms with Crippen LogP contribution in [0, 0.1) is 12.3 Å². The maximum absolute atomic E-state index is 6.14. The van der Waals surface area contributed by atoms with Crippen LogP contribution in [0.4, 0.5) is 0 Å². The number of hydrogen-bond donors (Lipinski definition) is 1. The normalized spacial score (nSPS) is 13.4. The molecule has 2 rings (SSSR count). The summed E-state index contributed by atoms with van der Waals surface area (Å²) in [5.41, 5.74) is 7.43. The van der Waals surface area contributed by atoms with Gasteiger partial charge in [-0.05, 0) is 24.5 Å². The number of aromatic nitrogens is 2. The number of rotatable bonds is 5. The first-order valence-corrected chi connectivity index (χ1v) is 8.09. The summed E-state index contributed by atoms with van der Waals surface area (Å²) in [6, 6.07) is 8.40. The summed E-state index contributed by atoms with van der Waals surface area (Å²) >= 11 is 1.71. The molecule has 0 spiro atoms. The summed E-state index contributed by atoms with van der Waals surface area (Å²) in [6.45, 7) is 8.43. The van der Waals surface area contributed by atoms with E-state index >= 15 is 0 Å². The second kappa shape index (κ2) is 6.62. The van der Waals surface area contributed by atoms with Crippen molar-refractivity contribution in [1.82, 2.24) is 10.1 Å². The average molecular weight is 305 g/mol. The first-order valence-electron chi connectivity index (χ1n) is 7.11. The monoisotopic (exact) mass is 305 g/mol. The molecule has 5 heteroatoms. The van der Waals surface area contributed by atoms with Gasteiger partial charge in [0.1, 0.15) is 0 Å². The number of benzene rings is 1. The molecular formula is C16H23N3OS. The summed E-state index contributed by atoms with van der Waals surface area (Å²) in [5.74, 6) is 2.05. The Labute approximate surface area is 130 Å². The maximum atomic E-state index is 6.14. The summed E-state index contributed by atoms with van der Waals surface area (Å²) in [7, 11) is 0. The van der Waals surface area contributed by atoms with Crippen molar-refractivity contribution in [3.05, 3.63) is 41.5 Å². The second-order valence-corrected chi connectivity index (χ2v) is 7.43. The third-order valence-electron chi connectivity index (χ3n) is 3.37. The molecule has 4 nitrogen and oxygen atoms in total. The summed E-state index contributed by atoms with van der Waals surface area (Å²) < 4.78 is 5.29. The third kappa shape index (κ3) is 4.86. The Morgan fingerprint density at radius 3 is 2.76 bits per heavy atom. The van der Waals surface area contributed by atoms with Gasteiger partial charge >= 0.3 is 0 Å². The quantitative estimate of drug-likeness (QED) is 0.855. The van der Waals surface area contributed by atoms with Gasteiger partial charge in [-0.1, -0.05) is 43.6 Å². The zero-order chi connectivity index (χ0) is 15.5. The molecule has 0 saturated heterocycles. The minimum Gasteiger partial charge on any atom is -0.339 e. The molecule has 1 atom stereocenters.